The molecule has 0 saturated carbocycles. The monoisotopic (exact) mass is 522 g/mol. The van der Waals surface area contributed by atoms with Crippen molar-refractivity contribution >= 4 is 23.0 Å². The molecule has 2 aromatic heterocycles. The number of carbonyl (C=O) groups excluding carboxylic acids is 2. The standard InChI is InChI=1S/C31H30N4O4/c1-21-28(30(36)38-19-22-11-5-3-6-12-22)34-29(35(21)2)27(17-24-18-32-26-16-10-9-15-25(24)26)33-31(37)39-20-23-13-7-4-8-14-23/h3-16,18,27,32H,17,19-20H2,1-2H3,(H,33,37)/t27-/m1/s1. The molecule has 8 heteroatoms. The molecule has 5 aromatic rings. The summed E-state index contributed by atoms with van der Waals surface area (Å²) in [5.74, 6) is 0.0109. The molecule has 0 spiro atoms. The first-order valence-electron chi connectivity index (χ1n) is 12.8. The zero-order valence-electron chi connectivity index (χ0n) is 21.9. The average Bonchev–Trinajstić information content (AvgIpc) is 3.51. The fraction of sp³-hybridized carbons (Fsp3) is 0.194. The minimum atomic E-state index is -0.572. The van der Waals surface area contributed by atoms with Crippen LogP contribution in [0.2, 0.25) is 0 Å². The molecule has 0 unspecified atom stereocenters. The lowest BCUT2D eigenvalue weighted by Gasteiger charge is -2.19. The Labute approximate surface area is 226 Å². The molecule has 3 aromatic carbocycles. The van der Waals surface area contributed by atoms with E-state index in [1.165, 1.54) is 0 Å². The van der Waals surface area contributed by atoms with Crippen molar-refractivity contribution in [2.75, 3.05) is 0 Å². The summed E-state index contributed by atoms with van der Waals surface area (Å²) in [7, 11) is 1.82. The number of rotatable bonds is 9. The van der Waals surface area contributed by atoms with E-state index in [1.807, 2.05) is 110 Å². The van der Waals surface area contributed by atoms with Crippen LogP contribution >= 0.6 is 0 Å². The predicted octanol–water partition coefficient (Wildman–Crippen LogP) is 5.78. The van der Waals surface area contributed by atoms with E-state index in [0.29, 0.717) is 17.9 Å². The Morgan fingerprint density at radius 3 is 2.21 bits per heavy atom. The molecule has 0 bridgehead atoms. The number of aromatic nitrogens is 3. The average molecular weight is 523 g/mol. The van der Waals surface area contributed by atoms with Gasteiger partial charge in [0, 0.05) is 36.3 Å². The first-order valence-corrected chi connectivity index (χ1v) is 12.8. The summed E-state index contributed by atoms with van der Waals surface area (Å²) in [6, 6.07) is 26.4. The van der Waals surface area contributed by atoms with Gasteiger partial charge in [0.05, 0.1) is 6.04 Å². The Morgan fingerprint density at radius 2 is 1.51 bits per heavy atom. The number of hydrogen-bond donors (Lipinski definition) is 2. The van der Waals surface area contributed by atoms with Crippen LogP contribution in [-0.2, 0) is 36.2 Å². The Morgan fingerprint density at radius 1 is 0.897 bits per heavy atom. The molecule has 0 aliphatic carbocycles. The van der Waals surface area contributed by atoms with Crippen molar-refractivity contribution in [2.45, 2.75) is 32.6 Å². The van der Waals surface area contributed by atoms with Gasteiger partial charge in [-0.05, 0) is 29.7 Å². The van der Waals surface area contributed by atoms with Gasteiger partial charge in [0.2, 0.25) is 0 Å². The van der Waals surface area contributed by atoms with Crippen molar-refractivity contribution in [3.63, 3.8) is 0 Å². The van der Waals surface area contributed by atoms with Crippen molar-refractivity contribution in [1.29, 1.82) is 0 Å². The minimum Gasteiger partial charge on any atom is -0.456 e. The van der Waals surface area contributed by atoms with Crippen molar-refractivity contribution in [3.8, 4) is 0 Å². The number of nitrogens with zero attached hydrogens (tertiary/aromatic N) is 2. The number of hydrogen-bond acceptors (Lipinski definition) is 5. The second-order valence-electron chi connectivity index (χ2n) is 9.35. The number of amides is 1. The summed E-state index contributed by atoms with van der Waals surface area (Å²) in [4.78, 5) is 33.8. The summed E-state index contributed by atoms with van der Waals surface area (Å²) in [6.45, 7) is 2.10. The van der Waals surface area contributed by atoms with Crippen LogP contribution in [-0.4, -0.2) is 26.6 Å². The van der Waals surface area contributed by atoms with E-state index in [4.69, 9.17) is 9.47 Å². The topological polar surface area (TPSA) is 98.2 Å². The van der Waals surface area contributed by atoms with Gasteiger partial charge in [-0.2, -0.15) is 0 Å². The lowest BCUT2D eigenvalue weighted by molar-refractivity contribution is 0.0465. The molecule has 2 N–H and O–H groups in total. The van der Waals surface area contributed by atoms with E-state index < -0.39 is 18.1 Å². The molecule has 0 saturated heterocycles. The maximum Gasteiger partial charge on any atom is 0.408 e. The molecule has 39 heavy (non-hydrogen) atoms. The quantitative estimate of drug-likeness (QED) is 0.239. The number of esters is 1. The van der Waals surface area contributed by atoms with Crippen LogP contribution in [0.5, 0.6) is 0 Å². The zero-order chi connectivity index (χ0) is 27.2. The van der Waals surface area contributed by atoms with Crippen LogP contribution in [0.1, 0.15) is 44.7 Å². The van der Waals surface area contributed by atoms with Gasteiger partial charge >= 0.3 is 12.1 Å². The Kier molecular flexibility index (Phi) is 7.73. The van der Waals surface area contributed by atoms with Crippen molar-refractivity contribution in [1.82, 2.24) is 19.9 Å². The van der Waals surface area contributed by atoms with E-state index in [9.17, 15) is 9.59 Å². The zero-order valence-corrected chi connectivity index (χ0v) is 21.9. The second kappa shape index (κ2) is 11.7. The molecule has 5 rings (SSSR count). The summed E-state index contributed by atoms with van der Waals surface area (Å²) in [5.41, 5.74) is 4.64. The SMILES string of the molecule is Cc1c(C(=O)OCc2ccccc2)nc([C@@H](Cc2c[nH]c3ccccc23)NC(=O)OCc2ccccc2)n1C. The molecule has 1 amide bonds. The van der Waals surface area contributed by atoms with Gasteiger partial charge in [0.25, 0.3) is 0 Å². The molecule has 2 heterocycles. The highest BCUT2D eigenvalue weighted by Crippen LogP contribution is 2.26. The number of ether oxygens (including phenoxy) is 2. The van der Waals surface area contributed by atoms with E-state index >= 15 is 0 Å². The smallest absolute Gasteiger partial charge is 0.408 e. The summed E-state index contributed by atoms with van der Waals surface area (Å²) in [5, 5.41) is 4.03. The largest absolute Gasteiger partial charge is 0.456 e. The van der Waals surface area contributed by atoms with Gasteiger partial charge in [-0.3, -0.25) is 0 Å². The molecule has 0 aliphatic rings. The Hall–Kier alpha value is -4.85. The summed E-state index contributed by atoms with van der Waals surface area (Å²) >= 11 is 0. The third kappa shape index (κ3) is 6.01. The normalized spacial score (nSPS) is 11.7. The number of alkyl carbamates (subject to hydrolysis) is 1. The molecule has 8 nitrogen and oxygen atoms in total. The van der Waals surface area contributed by atoms with Crippen LogP contribution in [0.3, 0.4) is 0 Å². The molecule has 1 atom stereocenters. The Bertz CT molecular complexity index is 1570. The van der Waals surface area contributed by atoms with Crippen LogP contribution in [0, 0.1) is 6.92 Å². The molecule has 0 fully saturated rings. The summed E-state index contributed by atoms with van der Waals surface area (Å²) < 4.78 is 12.9. The van der Waals surface area contributed by atoms with Crippen LogP contribution in [0.25, 0.3) is 10.9 Å². The fourth-order valence-corrected chi connectivity index (χ4v) is 4.53. The van der Waals surface area contributed by atoms with E-state index in [2.05, 4.69) is 15.3 Å². The Balaban J connectivity index is 1.39. The number of para-hydroxylation sites is 1. The minimum absolute atomic E-state index is 0.142. The van der Waals surface area contributed by atoms with E-state index in [0.717, 1.165) is 27.6 Å². The van der Waals surface area contributed by atoms with Crippen LogP contribution < -0.4 is 5.32 Å². The van der Waals surface area contributed by atoms with Gasteiger partial charge in [-0.25, -0.2) is 14.6 Å². The number of H-pyrrole nitrogens is 1. The maximum absolute atomic E-state index is 13.0. The molecule has 0 radical (unpaired) electrons. The number of imidazole rings is 1. The summed E-state index contributed by atoms with van der Waals surface area (Å²) in [6.07, 6.45) is 1.80. The maximum atomic E-state index is 13.0. The number of nitrogens with one attached hydrogen (secondary N) is 2. The lowest BCUT2D eigenvalue weighted by atomic mass is 10.0. The predicted molar refractivity (Wildman–Crippen MR) is 148 cm³/mol. The third-order valence-corrected chi connectivity index (χ3v) is 6.74. The molecule has 0 aliphatic heterocycles. The van der Waals surface area contributed by atoms with Gasteiger partial charge < -0.3 is 24.3 Å². The number of carbonyl (C=O) groups is 2. The highest BCUT2D eigenvalue weighted by atomic mass is 16.5. The molecule has 198 valence electrons. The van der Waals surface area contributed by atoms with Crippen LogP contribution in [0.4, 0.5) is 4.79 Å². The van der Waals surface area contributed by atoms with Crippen molar-refractivity contribution < 1.29 is 19.1 Å². The molecular formula is C31H30N4O4. The molecular weight excluding hydrogens is 492 g/mol. The van der Waals surface area contributed by atoms with Crippen molar-refractivity contribution in [2.24, 2.45) is 7.05 Å². The van der Waals surface area contributed by atoms with Gasteiger partial charge in [-0.15, -0.1) is 0 Å². The highest BCUT2D eigenvalue weighted by Gasteiger charge is 2.27. The number of benzene rings is 3. The second-order valence-corrected chi connectivity index (χ2v) is 9.35. The van der Waals surface area contributed by atoms with E-state index in [1.54, 1.807) is 0 Å². The van der Waals surface area contributed by atoms with Crippen molar-refractivity contribution in [3.05, 3.63) is 125 Å². The van der Waals surface area contributed by atoms with Crippen LogP contribution in [0.15, 0.2) is 91.1 Å². The number of fused-ring (bicyclic) bond motifs is 1. The third-order valence-electron chi connectivity index (χ3n) is 6.74. The lowest BCUT2D eigenvalue weighted by Crippen LogP contribution is -2.32. The first-order chi connectivity index (χ1) is 19.0. The first kappa shape index (κ1) is 25.8. The van der Waals surface area contributed by atoms with Gasteiger partial charge in [0.15, 0.2) is 5.69 Å². The van der Waals surface area contributed by atoms with E-state index in [-0.39, 0.29) is 18.9 Å². The fourth-order valence-electron chi connectivity index (χ4n) is 4.53. The van der Waals surface area contributed by atoms with Gasteiger partial charge in [-0.1, -0.05) is 78.9 Å². The number of aromatic amines is 1. The highest BCUT2D eigenvalue weighted by molar-refractivity contribution is 5.88. The van der Waals surface area contributed by atoms with Gasteiger partial charge in [0.1, 0.15) is 19.0 Å².